The first kappa shape index (κ1) is 19.5. The lowest BCUT2D eigenvalue weighted by Gasteiger charge is -2.37. The lowest BCUT2D eigenvalue weighted by atomic mass is 9.75. The Labute approximate surface area is 143 Å². The van der Waals surface area contributed by atoms with Gasteiger partial charge in [0.15, 0.2) is 0 Å². The van der Waals surface area contributed by atoms with Gasteiger partial charge in [0.05, 0.1) is 5.92 Å². The Bertz CT molecular complexity index is 542. The van der Waals surface area contributed by atoms with Crippen LogP contribution in [0, 0.1) is 11.8 Å². The van der Waals surface area contributed by atoms with E-state index in [-0.39, 0.29) is 13.0 Å². The number of amides is 2. The first-order valence-corrected chi connectivity index (χ1v) is 8.46. The number of rotatable bonds is 5. The average Bonchev–Trinajstić information content (AvgIpc) is 2.87. The van der Waals surface area contributed by atoms with Crippen molar-refractivity contribution in [2.75, 3.05) is 13.1 Å². The van der Waals surface area contributed by atoms with Crippen molar-refractivity contribution in [3.63, 3.8) is 0 Å². The normalized spacial score (nSPS) is 30.4. The van der Waals surface area contributed by atoms with Crippen LogP contribution in [0.2, 0.25) is 0 Å². The summed E-state index contributed by atoms with van der Waals surface area (Å²) in [6.07, 6.45) is -1.98. The smallest absolute Gasteiger partial charge is 0.406 e. The maximum atomic E-state index is 12.4. The molecule has 1 saturated carbocycles. The first-order chi connectivity index (χ1) is 11.6. The second-order valence-electron chi connectivity index (χ2n) is 7.02. The third-order valence-electron chi connectivity index (χ3n) is 5.26. The highest BCUT2D eigenvalue weighted by Gasteiger charge is 2.46. The Morgan fingerprint density at radius 1 is 1.32 bits per heavy atom. The summed E-state index contributed by atoms with van der Waals surface area (Å²) in [6, 6.07) is 0. The number of halogens is 3. The van der Waals surface area contributed by atoms with Crippen LogP contribution in [0.15, 0.2) is 0 Å². The predicted octanol–water partition coefficient (Wildman–Crippen LogP) is 1.94. The monoisotopic (exact) mass is 364 g/mol. The van der Waals surface area contributed by atoms with Gasteiger partial charge in [-0.15, -0.1) is 0 Å². The SMILES string of the molecule is CCC1CCC(NC(=O)C2CC(=O)N(CC(F)(F)F)C2)(C(=O)O)CC1. The molecule has 1 unspecified atom stereocenters. The summed E-state index contributed by atoms with van der Waals surface area (Å²) < 4.78 is 37.3. The minimum absolute atomic E-state index is 0.291. The molecule has 0 radical (unpaired) electrons. The molecule has 1 aliphatic carbocycles. The largest absolute Gasteiger partial charge is 0.480 e. The predicted molar refractivity (Wildman–Crippen MR) is 81.5 cm³/mol. The van der Waals surface area contributed by atoms with Gasteiger partial charge >= 0.3 is 12.1 Å². The van der Waals surface area contributed by atoms with Crippen molar-refractivity contribution in [3.05, 3.63) is 0 Å². The number of carboxylic acid groups (broad SMARTS) is 1. The van der Waals surface area contributed by atoms with E-state index in [0.717, 1.165) is 6.42 Å². The van der Waals surface area contributed by atoms with Crippen molar-refractivity contribution < 1.29 is 32.7 Å². The van der Waals surface area contributed by atoms with Crippen molar-refractivity contribution in [1.82, 2.24) is 10.2 Å². The summed E-state index contributed by atoms with van der Waals surface area (Å²) in [5.74, 6) is -3.06. The molecule has 2 amide bonds. The summed E-state index contributed by atoms with van der Waals surface area (Å²) in [5.41, 5.74) is -1.39. The van der Waals surface area contributed by atoms with Gasteiger partial charge in [0.1, 0.15) is 12.1 Å². The van der Waals surface area contributed by atoms with E-state index in [1.165, 1.54) is 0 Å². The molecule has 2 aliphatic rings. The molecule has 6 nitrogen and oxygen atoms in total. The standard InChI is InChI=1S/C16H23F3N2O4/c1-2-10-3-5-15(6-4-10,14(24)25)20-13(23)11-7-12(22)21(8-11)9-16(17,18)19/h10-11H,2-9H2,1H3,(H,20,23)(H,24,25). The van der Waals surface area contributed by atoms with Crippen LogP contribution >= 0.6 is 0 Å². The van der Waals surface area contributed by atoms with Crippen LogP contribution in [-0.4, -0.2) is 52.6 Å². The second kappa shape index (κ2) is 7.21. The summed E-state index contributed by atoms with van der Waals surface area (Å²) in [7, 11) is 0. The van der Waals surface area contributed by atoms with Crippen molar-refractivity contribution in [1.29, 1.82) is 0 Å². The number of likely N-dealkylation sites (tertiary alicyclic amines) is 1. The molecule has 1 aliphatic heterocycles. The molecule has 2 N–H and O–H groups in total. The van der Waals surface area contributed by atoms with Gasteiger partial charge in [0, 0.05) is 13.0 Å². The molecule has 0 aromatic carbocycles. The van der Waals surface area contributed by atoms with Crippen molar-refractivity contribution >= 4 is 17.8 Å². The van der Waals surface area contributed by atoms with E-state index in [0.29, 0.717) is 36.5 Å². The first-order valence-electron chi connectivity index (χ1n) is 8.46. The number of hydrogen-bond donors (Lipinski definition) is 2. The number of hydrogen-bond acceptors (Lipinski definition) is 3. The minimum Gasteiger partial charge on any atom is -0.480 e. The quantitative estimate of drug-likeness (QED) is 0.781. The summed E-state index contributed by atoms with van der Waals surface area (Å²) >= 11 is 0. The van der Waals surface area contributed by atoms with Gasteiger partial charge in [-0.3, -0.25) is 9.59 Å². The molecule has 0 aromatic heterocycles. The minimum atomic E-state index is -4.53. The zero-order chi connectivity index (χ0) is 18.8. The van der Waals surface area contributed by atoms with Crippen LogP contribution in [0.25, 0.3) is 0 Å². The topological polar surface area (TPSA) is 86.7 Å². The van der Waals surface area contributed by atoms with Gasteiger partial charge < -0.3 is 15.3 Å². The van der Waals surface area contributed by atoms with Crippen LogP contribution in [-0.2, 0) is 14.4 Å². The van der Waals surface area contributed by atoms with E-state index in [2.05, 4.69) is 5.32 Å². The number of aliphatic carboxylic acids is 1. The Kier molecular flexibility index (Phi) is 5.63. The fourth-order valence-corrected chi connectivity index (χ4v) is 3.63. The molecule has 25 heavy (non-hydrogen) atoms. The molecule has 0 bridgehead atoms. The highest BCUT2D eigenvalue weighted by molar-refractivity contribution is 5.92. The third-order valence-corrected chi connectivity index (χ3v) is 5.26. The van der Waals surface area contributed by atoms with E-state index in [4.69, 9.17) is 0 Å². The van der Waals surface area contributed by atoms with E-state index >= 15 is 0 Å². The average molecular weight is 364 g/mol. The van der Waals surface area contributed by atoms with Crippen LogP contribution in [0.1, 0.15) is 45.4 Å². The van der Waals surface area contributed by atoms with Crippen LogP contribution in [0.3, 0.4) is 0 Å². The second-order valence-corrected chi connectivity index (χ2v) is 7.02. The number of carboxylic acids is 1. The molecule has 2 fully saturated rings. The lowest BCUT2D eigenvalue weighted by molar-refractivity contribution is -0.157. The Balaban J connectivity index is 2.00. The highest BCUT2D eigenvalue weighted by atomic mass is 19.4. The van der Waals surface area contributed by atoms with Gasteiger partial charge in [-0.1, -0.05) is 13.3 Å². The van der Waals surface area contributed by atoms with Gasteiger partial charge in [0.25, 0.3) is 0 Å². The van der Waals surface area contributed by atoms with E-state index < -0.39 is 42.0 Å². The van der Waals surface area contributed by atoms with Crippen molar-refractivity contribution in [3.8, 4) is 0 Å². The number of nitrogens with one attached hydrogen (secondary N) is 1. The van der Waals surface area contributed by atoms with E-state index in [9.17, 15) is 32.7 Å². The molecular formula is C16H23F3N2O4. The molecule has 0 spiro atoms. The molecule has 142 valence electrons. The molecular weight excluding hydrogens is 341 g/mol. The van der Waals surface area contributed by atoms with E-state index in [1.807, 2.05) is 6.92 Å². The van der Waals surface area contributed by atoms with E-state index in [1.54, 1.807) is 0 Å². The lowest BCUT2D eigenvalue weighted by Crippen LogP contribution is -2.57. The van der Waals surface area contributed by atoms with Gasteiger partial charge in [0.2, 0.25) is 11.8 Å². The number of alkyl halides is 3. The summed E-state index contributed by atoms with van der Waals surface area (Å²) in [5, 5.41) is 12.1. The molecule has 1 heterocycles. The molecule has 1 saturated heterocycles. The fourth-order valence-electron chi connectivity index (χ4n) is 3.63. The van der Waals surface area contributed by atoms with Crippen molar-refractivity contribution in [2.24, 2.45) is 11.8 Å². The highest BCUT2D eigenvalue weighted by Crippen LogP contribution is 2.35. The van der Waals surface area contributed by atoms with Crippen molar-refractivity contribution in [2.45, 2.75) is 57.2 Å². The zero-order valence-corrected chi connectivity index (χ0v) is 14.1. The maximum Gasteiger partial charge on any atom is 0.406 e. The molecule has 9 heteroatoms. The molecule has 1 atom stereocenters. The maximum absolute atomic E-state index is 12.4. The number of carbonyl (C=O) groups is 3. The Morgan fingerprint density at radius 2 is 1.92 bits per heavy atom. The third kappa shape index (κ3) is 4.64. The molecule has 2 rings (SSSR count). The fraction of sp³-hybridized carbons (Fsp3) is 0.812. The zero-order valence-electron chi connectivity index (χ0n) is 14.1. The molecule has 0 aromatic rings. The van der Waals surface area contributed by atoms with Crippen LogP contribution in [0.4, 0.5) is 13.2 Å². The van der Waals surface area contributed by atoms with Crippen LogP contribution < -0.4 is 5.32 Å². The summed E-state index contributed by atoms with van der Waals surface area (Å²) in [6.45, 7) is 0.297. The van der Waals surface area contributed by atoms with Gasteiger partial charge in [-0.25, -0.2) is 4.79 Å². The number of carbonyl (C=O) groups excluding carboxylic acids is 2. The van der Waals surface area contributed by atoms with Gasteiger partial charge in [-0.2, -0.15) is 13.2 Å². The van der Waals surface area contributed by atoms with Gasteiger partial charge in [-0.05, 0) is 31.6 Å². The van der Waals surface area contributed by atoms with Crippen LogP contribution in [0.5, 0.6) is 0 Å². The Morgan fingerprint density at radius 3 is 2.40 bits per heavy atom. The number of nitrogens with zero attached hydrogens (tertiary/aromatic N) is 1. The Hall–Kier alpha value is -1.80. The summed E-state index contributed by atoms with van der Waals surface area (Å²) in [4.78, 5) is 36.4.